The van der Waals surface area contributed by atoms with E-state index in [9.17, 15) is 9.59 Å². The molecule has 0 saturated carbocycles. The van der Waals surface area contributed by atoms with E-state index in [1.165, 1.54) is 0 Å². The maximum atomic E-state index is 12.9. The highest BCUT2D eigenvalue weighted by atomic mass is 16.5. The van der Waals surface area contributed by atoms with Gasteiger partial charge < -0.3 is 20.7 Å². The molecule has 0 atom stereocenters. The zero-order valence-electron chi connectivity index (χ0n) is 23.5. The van der Waals surface area contributed by atoms with Crippen molar-refractivity contribution < 1.29 is 14.3 Å². The van der Waals surface area contributed by atoms with Crippen LogP contribution in [-0.2, 0) is 22.1 Å². The first-order valence-electron chi connectivity index (χ1n) is 13.4. The van der Waals surface area contributed by atoms with Gasteiger partial charge in [-0.25, -0.2) is 4.79 Å². The van der Waals surface area contributed by atoms with Crippen molar-refractivity contribution in [1.82, 2.24) is 15.1 Å². The lowest BCUT2D eigenvalue weighted by Crippen LogP contribution is -2.41. The average Bonchev–Trinajstić information content (AvgIpc) is 3.28. The van der Waals surface area contributed by atoms with Crippen LogP contribution in [0.4, 0.5) is 16.3 Å². The summed E-state index contributed by atoms with van der Waals surface area (Å²) in [4.78, 5) is 24.8. The Kier molecular flexibility index (Phi) is 8.89. The van der Waals surface area contributed by atoms with Gasteiger partial charge in [0.1, 0.15) is 17.0 Å². The van der Waals surface area contributed by atoms with Gasteiger partial charge in [0.15, 0.2) is 0 Å². The number of nitrogens with zero attached hydrogens (tertiary/aromatic N) is 2. The molecule has 0 radical (unpaired) electrons. The van der Waals surface area contributed by atoms with Crippen molar-refractivity contribution in [2.45, 2.75) is 44.7 Å². The molecule has 0 unspecified atom stereocenters. The van der Waals surface area contributed by atoms with Crippen molar-refractivity contribution in [3.8, 4) is 0 Å². The zero-order valence-corrected chi connectivity index (χ0v) is 23.5. The molecule has 1 aromatic heterocycles. The number of hydrogen-bond donors (Lipinski definition) is 3. The number of amides is 2. The van der Waals surface area contributed by atoms with Crippen molar-refractivity contribution in [1.29, 1.82) is 0 Å². The van der Waals surface area contributed by atoms with Crippen molar-refractivity contribution in [2.24, 2.45) is 7.05 Å². The van der Waals surface area contributed by atoms with E-state index in [0.29, 0.717) is 17.9 Å². The lowest BCUT2D eigenvalue weighted by Gasteiger charge is -2.38. The number of anilines is 2. The van der Waals surface area contributed by atoms with Crippen molar-refractivity contribution in [3.05, 3.63) is 114 Å². The molecule has 4 aromatic rings. The molecule has 0 aliphatic carbocycles. The molecule has 8 heteroatoms. The zero-order chi connectivity index (χ0) is 28.6. The van der Waals surface area contributed by atoms with E-state index in [-0.39, 0.29) is 24.5 Å². The van der Waals surface area contributed by atoms with Gasteiger partial charge in [0, 0.05) is 19.0 Å². The van der Waals surface area contributed by atoms with Crippen LogP contribution < -0.4 is 16.0 Å². The van der Waals surface area contributed by atoms with Gasteiger partial charge in [0.2, 0.25) is 5.91 Å². The van der Waals surface area contributed by atoms with Gasteiger partial charge in [-0.15, -0.1) is 0 Å². The summed E-state index contributed by atoms with van der Waals surface area (Å²) in [7, 11) is 1.84. The Hall–Kier alpha value is -4.59. The Labute approximate surface area is 235 Å². The smallest absolute Gasteiger partial charge is 0.407 e. The second-order valence-electron chi connectivity index (χ2n) is 10.7. The van der Waals surface area contributed by atoms with Crippen LogP contribution >= 0.6 is 0 Å². The first-order chi connectivity index (χ1) is 19.2. The van der Waals surface area contributed by atoms with E-state index in [2.05, 4.69) is 57.4 Å². The van der Waals surface area contributed by atoms with E-state index >= 15 is 0 Å². The molecule has 0 spiro atoms. The molecule has 3 N–H and O–H groups in total. The van der Waals surface area contributed by atoms with Crippen molar-refractivity contribution in [2.75, 3.05) is 17.2 Å². The molecule has 0 aliphatic heterocycles. The number of rotatable bonds is 10. The Balaban J connectivity index is 1.59. The molecule has 208 valence electrons. The van der Waals surface area contributed by atoms with Crippen molar-refractivity contribution in [3.63, 3.8) is 0 Å². The minimum absolute atomic E-state index is 0.145. The Morgan fingerprint density at radius 2 is 1.32 bits per heavy atom. The summed E-state index contributed by atoms with van der Waals surface area (Å²) in [6.07, 6.45) is 1.73. The number of aromatic nitrogens is 2. The molecule has 0 aliphatic rings. The van der Waals surface area contributed by atoms with Crippen LogP contribution in [0, 0.1) is 0 Å². The Morgan fingerprint density at radius 1 is 0.825 bits per heavy atom. The lowest BCUT2D eigenvalue weighted by molar-refractivity contribution is -0.116. The molecule has 40 heavy (non-hydrogen) atoms. The van der Waals surface area contributed by atoms with E-state index in [0.717, 1.165) is 16.7 Å². The molecular weight excluding hydrogens is 502 g/mol. The maximum Gasteiger partial charge on any atom is 0.407 e. The summed E-state index contributed by atoms with van der Waals surface area (Å²) >= 11 is 0. The van der Waals surface area contributed by atoms with E-state index in [1.54, 1.807) is 10.9 Å². The molecular formula is C32H37N5O3. The van der Waals surface area contributed by atoms with Crippen LogP contribution in [0.25, 0.3) is 0 Å². The highest BCUT2D eigenvalue weighted by Gasteiger charge is 2.37. The molecule has 0 bridgehead atoms. The van der Waals surface area contributed by atoms with Crippen LogP contribution in [0.3, 0.4) is 0 Å². The number of aryl methyl sites for hydroxylation is 1. The number of nitrogens with one attached hydrogen (secondary N) is 3. The topological polar surface area (TPSA) is 97.3 Å². The third kappa shape index (κ3) is 6.88. The molecule has 8 nitrogen and oxygen atoms in total. The van der Waals surface area contributed by atoms with Crippen LogP contribution in [0.15, 0.2) is 97.2 Å². The van der Waals surface area contributed by atoms with E-state index < -0.39 is 11.6 Å². The van der Waals surface area contributed by atoms with Gasteiger partial charge in [-0.05, 0) is 43.9 Å². The average molecular weight is 540 g/mol. The van der Waals surface area contributed by atoms with Gasteiger partial charge in [-0.2, -0.15) is 5.10 Å². The number of carbonyl (C=O) groups excluding carboxylic acids is 2. The molecule has 3 aromatic carbocycles. The third-order valence-corrected chi connectivity index (χ3v) is 6.40. The predicted molar refractivity (Wildman–Crippen MR) is 158 cm³/mol. The van der Waals surface area contributed by atoms with Crippen molar-refractivity contribution >= 4 is 23.5 Å². The van der Waals surface area contributed by atoms with E-state index in [4.69, 9.17) is 4.74 Å². The Morgan fingerprint density at radius 3 is 1.80 bits per heavy atom. The fourth-order valence-electron chi connectivity index (χ4n) is 4.59. The summed E-state index contributed by atoms with van der Waals surface area (Å²) < 4.78 is 6.92. The van der Waals surface area contributed by atoms with Gasteiger partial charge in [-0.1, -0.05) is 91.0 Å². The molecule has 0 fully saturated rings. The molecule has 0 saturated heterocycles. The summed E-state index contributed by atoms with van der Waals surface area (Å²) in [5.74, 6) is 0.464. The number of hydrogen-bond acceptors (Lipinski definition) is 5. The predicted octanol–water partition coefficient (Wildman–Crippen LogP) is 6.07. The molecule has 2 amide bonds. The third-order valence-electron chi connectivity index (χ3n) is 6.40. The first kappa shape index (κ1) is 28.4. The highest BCUT2D eigenvalue weighted by molar-refractivity contribution is 5.93. The molecule has 1 heterocycles. The van der Waals surface area contributed by atoms with E-state index in [1.807, 2.05) is 82.4 Å². The maximum absolute atomic E-state index is 12.9. The van der Waals surface area contributed by atoms with Gasteiger partial charge in [0.05, 0.1) is 12.8 Å². The van der Waals surface area contributed by atoms with Crippen LogP contribution in [0.1, 0.15) is 50.3 Å². The highest BCUT2D eigenvalue weighted by Crippen LogP contribution is 2.41. The monoisotopic (exact) mass is 539 g/mol. The van der Waals surface area contributed by atoms with Gasteiger partial charge >= 0.3 is 6.09 Å². The van der Waals surface area contributed by atoms with Crippen LogP contribution in [0.2, 0.25) is 0 Å². The SMILES string of the molecule is Cn1ncc(NC(=O)CCCOC(=O)NC(C)(C)C)c1NC(c1ccccc1)(c1ccccc1)c1ccccc1. The summed E-state index contributed by atoms with van der Waals surface area (Å²) in [5, 5.41) is 14.0. The second kappa shape index (κ2) is 12.5. The quantitative estimate of drug-likeness (QED) is 0.168. The summed E-state index contributed by atoms with van der Waals surface area (Å²) in [6.45, 7) is 5.78. The number of alkyl carbamates (subject to hydrolysis) is 1. The fourth-order valence-corrected chi connectivity index (χ4v) is 4.59. The minimum Gasteiger partial charge on any atom is -0.450 e. The summed E-state index contributed by atoms with van der Waals surface area (Å²) in [5.41, 5.74) is 2.52. The second-order valence-corrected chi connectivity index (χ2v) is 10.7. The lowest BCUT2D eigenvalue weighted by atomic mass is 9.77. The first-order valence-corrected chi connectivity index (χ1v) is 13.4. The number of carbonyl (C=O) groups is 2. The fraction of sp³-hybridized carbons (Fsp3) is 0.281. The standard InChI is InChI=1S/C32H37N5O3/c1-31(2,3)36-30(39)40-22-14-21-28(38)34-27-23-33-37(4)29(27)35-32(24-15-8-5-9-16-24,25-17-10-6-11-18-25)26-19-12-7-13-20-26/h5-13,15-20,23,35H,14,21-22H2,1-4H3,(H,34,38)(H,36,39). The summed E-state index contributed by atoms with van der Waals surface area (Å²) in [6, 6.07) is 30.7. The minimum atomic E-state index is -0.773. The number of benzene rings is 3. The normalized spacial score (nSPS) is 11.5. The van der Waals surface area contributed by atoms with Crippen LogP contribution in [0.5, 0.6) is 0 Å². The molecule has 4 rings (SSSR count). The van der Waals surface area contributed by atoms with Gasteiger partial charge in [-0.3, -0.25) is 9.48 Å². The number of ether oxygens (including phenoxy) is 1. The van der Waals surface area contributed by atoms with Gasteiger partial charge in [0.25, 0.3) is 0 Å². The Bertz CT molecular complexity index is 1300. The largest absolute Gasteiger partial charge is 0.450 e. The van der Waals surface area contributed by atoms with Crippen LogP contribution in [-0.4, -0.2) is 33.9 Å².